The minimum Gasteiger partial charge on any atom is -0.458 e. The summed E-state index contributed by atoms with van der Waals surface area (Å²) in [5.74, 6) is -0.274. The molecule has 2 aliphatic heterocycles. The molecule has 9 atom stereocenters. The molecule has 8 heteroatoms. The van der Waals surface area contributed by atoms with Gasteiger partial charge < -0.3 is 34.6 Å². The second-order valence-electron chi connectivity index (χ2n) is 8.41. The molecule has 0 aromatic heterocycles. The van der Waals surface area contributed by atoms with Crippen molar-refractivity contribution in [3.8, 4) is 0 Å². The lowest BCUT2D eigenvalue weighted by atomic mass is 9.84. The first kappa shape index (κ1) is 22.4. The van der Waals surface area contributed by atoms with Crippen molar-refractivity contribution in [2.75, 3.05) is 6.61 Å². The molecule has 0 unspecified atom stereocenters. The molecule has 3 aliphatic rings. The van der Waals surface area contributed by atoms with Gasteiger partial charge in [0.1, 0.15) is 30.5 Å². The van der Waals surface area contributed by atoms with E-state index >= 15 is 0 Å². The third-order valence-corrected chi connectivity index (χ3v) is 6.32. The van der Waals surface area contributed by atoms with Gasteiger partial charge in [0.05, 0.1) is 18.6 Å². The monoisotopic (exact) mass is 412 g/mol. The van der Waals surface area contributed by atoms with Crippen LogP contribution < -0.4 is 0 Å². The van der Waals surface area contributed by atoms with Crippen LogP contribution >= 0.6 is 0 Å². The maximum absolute atomic E-state index is 12.1. The van der Waals surface area contributed by atoms with Crippen molar-refractivity contribution in [1.29, 1.82) is 0 Å². The van der Waals surface area contributed by atoms with Gasteiger partial charge in [-0.25, -0.2) is 0 Å². The number of fused-ring (bicyclic) bond motifs is 1. The van der Waals surface area contributed by atoms with Crippen molar-refractivity contribution in [2.24, 2.45) is 11.8 Å². The van der Waals surface area contributed by atoms with Gasteiger partial charge in [-0.1, -0.05) is 18.6 Å². The Labute approximate surface area is 170 Å². The Hall–Kier alpha value is -1.29. The fourth-order valence-corrected chi connectivity index (χ4v) is 4.22. The Balaban J connectivity index is 1.82. The summed E-state index contributed by atoms with van der Waals surface area (Å²) in [5, 5.41) is 39.6. The SMILES string of the molecule is C/C1=C/C[C@H](O[C@@H]2O[C@H](CO)[C@@H](O)[C@H](O)[C@H]2O)/C(C)=C\[C@H]2OC(=O)[C@H](C)[C@@H]2CC1. The number of allylic oxidation sites excluding steroid dienone is 1. The third kappa shape index (κ3) is 4.73. The van der Waals surface area contributed by atoms with E-state index in [1.807, 2.05) is 26.8 Å². The summed E-state index contributed by atoms with van der Waals surface area (Å²) in [7, 11) is 0. The second-order valence-corrected chi connectivity index (χ2v) is 8.41. The van der Waals surface area contributed by atoms with Crippen molar-refractivity contribution in [3.63, 3.8) is 0 Å². The van der Waals surface area contributed by atoms with Crippen molar-refractivity contribution < 1.29 is 39.4 Å². The van der Waals surface area contributed by atoms with Gasteiger partial charge >= 0.3 is 5.97 Å². The van der Waals surface area contributed by atoms with E-state index in [0.717, 1.165) is 18.4 Å². The number of carbonyl (C=O) groups excluding carboxylic acids is 1. The predicted molar refractivity (Wildman–Crippen MR) is 103 cm³/mol. The molecule has 2 saturated heterocycles. The van der Waals surface area contributed by atoms with Gasteiger partial charge in [0.25, 0.3) is 0 Å². The number of hydrogen-bond acceptors (Lipinski definition) is 8. The van der Waals surface area contributed by atoms with Gasteiger partial charge in [0.15, 0.2) is 6.29 Å². The van der Waals surface area contributed by atoms with Crippen LogP contribution in [0.25, 0.3) is 0 Å². The van der Waals surface area contributed by atoms with Crippen LogP contribution in [0.15, 0.2) is 23.3 Å². The van der Waals surface area contributed by atoms with Crippen LogP contribution in [0.1, 0.15) is 40.0 Å². The Morgan fingerprint density at radius 3 is 2.59 bits per heavy atom. The van der Waals surface area contributed by atoms with Gasteiger partial charge in [-0.15, -0.1) is 0 Å². The topological polar surface area (TPSA) is 126 Å². The van der Waals surface area contributed by atoms with E-state index in [0.29, 0.717) is 6.42 Å². The number of esters is 1. The number of carbonyl (C=O) groups is 1. The fraction of sp³-hybridized carbons (Fsp3) is 0.762. The van der Waals surface area contributed by atoms with E-state index in [1.165, 1.54) is 5.57 Å². The summed E-state index contributed by atoms with van der Waals surface area (Å²) in [6.07, 6.45) is -1.25. The third-order valence-electron chi connectivity index (χ3n) is 6.32. The van der Waals surface area contributed by atoms with E-state index in [4.69, 9.17) is 14.2 Å². The lowest BCUT2D eigenvalue weighted by Gasteiger charge is -2.41. The molecule has 164 valence electrons. The molecule has 0 bridgehead atoms. The highest BCUT2D eigenvalue weighted by atomic mass is 16.7. The zero-order valence-electron chi connectivity index (χ0n) is 17.1. The number of hydrogen-bond donors (Lipinski definition) is 4. The first-order chi connectivity index (χ1) is 13.7. The van der Waals surface area contributed by atoms with Crippen LogP contribution in [-0.2, 0) is 19.0 Å². The Bertz CT molecular complexity index is 657. The number of ether oxygens (including phenoxy) is 3. The van der Waals surface area contributed by atoms with Crippen LogP contribution in [0.5, 0.6) is 0 Å². The molecule has 1 aliphatic carbocycles. The summed E-state index contributed by atoms with van der Waals surface area (Å²) in [5.41, 5.74) is 2.00. The molecule has 0 aromatic carbocycles. The minimum absolute atomic E-state index is 0.0896. The van der Waals surface area contributed by atoms with E-state index < -0.39 is 43.4 Å². The highest BCUT2D eigenvalue weighted by Crippen LogP contribution is 2.36. The Kier molecular flexibility index (Phi) is 7.14. The zero-order chi connectivity index (χ0) is 21.3. The smallest absolute Gasteiger partial charge is 0.309 e. The zero-order valence-corrected chi connectivity index (χ0v) is 17.1. The van der Waals surface area contributed by atoms with E-state index in [2.05, 4.69) is 6.08 Å². The summed E-state index contributed by atoms with van der Waals surface area (Å²) in [4.78, 5) is 12.1. The summed E-state index contributed by atoms with van der Waals surface area (Å²) >= 11 is 0. The largest absolute Gasteiger partial charge is 0.458 e. The Morgan fingerprint density at radius 1 is 1.17 bits per heavy atom. The van der Waals surface area contributed by atoms with Crippen molar-refractivity contribution >= 4 is 5.97 Å². The summed E-state index contributed by atoms with van der Waals surface area (Å²) in [6, 6.07) is 0. The quantitative estimate of drug-likeness (QED) is 0.388. The molecule has 0 amide bonds. The maximum Gasteiger partial charge on any atom is 0.309 e. The standard InChI is InChI=1S/C21H32O8/c1-10-4-6-13-12(3)20(26)27-15(13)8-11(2)14(7-5-10)28-21-19(25)18(24)17(23)16(9-22)29-21/h5,8,12-19,21-25H,4,6-7,9H2,1-3H3/b10-5-,11-8-/t12-,13+,14+,15-,16-,17-,18+,19-,21-/m1/s1. The molecule has 3 rings (SSSR count). The molecular weight excluding hydrogens is 380 g/mol. The number of rotatable bonds is 3. The second kappa shape index (κ2) is 9.24. The number of aliphatic hydroxyl groups is 4. The summed E-state index contributed by atoms with van der Waals surface area (Å²) < 4.78 is 17.0. The fourth-order valence-electron chi connectivity index (χ4n) is 4.22. The molecule has 2 fully saturated rings. The van der Waals surface area contributed by atoms with Crippen LogP contribution in [0.2, 0.25) is 0 Å². The van der Waals surface area contributed by atoms with Crippen molar-refractivity contribution in [1.82, 2.24) is 0 Å². The molecule has 4 N–H and O–H groups in total. The Morgan fingerprint density at radius 2 is 1.90 bits per heavy atom. The van der Waals surface area contributed by atoms with Gasteiger partial charge in [-0.3, -0.25) is 4.79 Å². The highest BCUT2D eigenvalue weighted by molar-refractivity contribution is 5.75. The highest BCUT2D eigenvalue weighted by Gasteiger charge is 2.45. The van der Waals surface area contributed by atoms with Crippen molar-refractivity contribution in [3.05, 3.63) is 23.3 Å². The number of aliphatic hydroxyl groups excluding tert-OH is 4. The van der Waals surface area contributed by atoms with E-state index in [9.17, 15) is 25.2 Å². The van der Waals surface area contributed by atoms with E-state index in [-0.39, 0.29) is 23.9 Å². The lowest BCUT2D eigenvalue weighted by molar-refractivity contribution is -0.308. The minimum atomic E-state index is -1.49. The average Bonchev–Trinajstić information content (AvgIpc) is 2.95. The maximum atomic E-state index is 12.1. The van der Waals surface area contributed by atoms with Gasteiger partial charge in [0.2, 0.25) is 0 Å². The molecule has 0 spiro atoms. The molecule has 0 saturated carbocycles. The predicted octanol–water partition coefficient (Wildman–Crippen LogP) is 0.426. The molecule has 0 radical (unpaired) electrons. The molecule has 29 heavy (non-hydrogen) atoms. The molecule has 0 aromatic rings. The van der Waals surface area contributed by atoms with Crippen LogP contribution in [0, 0.1) is 11.8 Å². The molecule has 8 nitrogen and oxygen atoms in total. The van der Waals surface area contributed by atoms with Gasteiger partial charge in [0, 0.05) is 5.92 Å². The summed E-state index contributed by atoms with van der Waals surface area (Å²) in [6.45, 7) is 5.28. The molecular formula is C21H32O8. The van der Waals surface area contributed by atoms with E-state index in [1.54, 1.807) is 0 Å². The van der Waals surface area contributed by atoms with Crippen LogP contribution in [-0.4, -0.2) is 75.9 Å². The normalized spacial score (nSPS) is 47.4. The first-order valence-electron chi connectivity index (χ1n) is 10.2. The van der Waals surface area contributed by atoms with Crippen LogP contribution in [0.3, 0.4) is 0 Å². The average molecular weight is 412 g/mol. The van der Waals surface area contributed by atoms with Crippen LogP contribution in [0.4, 0.5) is 0 Å². The van der Waals surface area contributed by atoms with Gasteiger partial charge in [-0.05, 0) is 44.8 Å². The first-order valence-corrected chi connectivity index (χ1v) is 10.2. The van der Waals surface area contributed by atoms with Gasteiger partial charge in [-0.2, -0.15) is 0 Å². The lowest BCUT2D eigenvalue weighted by Crippen LogP contribution is -2.59. The molecule has 2 heterocycles. The van der Waals surface area contributed by atoms with Crippen molar-refractivity contribution in [2.45, 2.75) is 82.9 Å².